The maximum atomic E-state index is 5.35. The molecular weight excluding hydrogens is 112 g/mol. The van der Waals surface area contributed by atoms with Crippen LogP contribution in [0, 0.1) is 0 Å². The summed E-state index contributed by atoms with van der Waals surface area (Å²) in [6.45, 7) is 3.83. The van der Waals surface area contributed by atoms with Gasteiger partial charge >= 0.3 is 0 Å². The first-order valence-corrected chi connectivity index (χ1v) is 3.49. The Labute approximate surface area is 58.2 Å². The van der Waals surface area contributed by atoms with Crippen molar-refractivity contribution in [3.05, 3.63) is 0 Å². The van der Waals surface area contributed by atoms with E-state index in [1.807, 2.05) is 0 Å². The van der Waals surface area contributed by atoms with E-state index in [1.165, 1.54) is 0 Å². The molecule has 0 aromatic carbocycles. The lowest BCUT2D eigenvalue weighted by Gasteiger charge is -2.20. The Kier molecular flexibility index (Phi) is 2.19. The van der Waals surface area contributed by atoms with Gasteiger partial charge in [-0.3, -0.25) is 0 Å². The summed E-state index contributed by atoms with van der Waals surface area (Å²) < 4.78 is 5.35. The molecule has 0 atom stereocenters. The van der Waals surface area contributed by atoms with Crippen molar-refractivity contribution in [1.29, 1.82) is 0 Å². The normalized spacial score (nSPS) is 27.1. The molecule has 1 saturated heterocycles. The summed E-state index contributed by atoms with van der Waals surface area (Å²) in [6, 6.07) is 0. The van der Waals surface area contributed by atoms with Crippen LogP contribution in [-0.2, 0) is 4.74 Å². The molecule has 0 aliphatic carbocycles. The predicted molar refractivity (Wildman–Crippen MR) is 43.5 cm³/mol. The third kappa shape index (κ3) is 2.41. The molecule has 1 aliphatic heterocycles. The molecule has 0 unspecified atom stereocenters. The van der Waals surface area contributed by atoms with Crippen molar-refractivity contribution in [3.63, 3.8) is 0 Å². The van der Waals surface area contributed by atoms with Gasteiger partial charge in [-0.1, -0.05) is 5.21 Å². The quantitative estimate of drug-likeness (QED) is 0.377. The van der Waals surface area contributed by atoms with Gasteiger partial charge in [0.05, 0.1) is 6.61 Å². The van der Waals surface area contributed by atoms with E-state index in [9.17, 15) is 0 Å². The zero-order valence-corrected chi connectivity index (χ0v) is 6.24. The number of nitrogens with one attached hydrogen (secondary N) is 1. The highest BCUT2D eigenvalue weighted by Crippen LogP contribution is 2.14. The molecule has 1 N–H and O–H groups in total. The van der Waals surface area contributed by atoms with Gasteiger partial charge in [-0.15, -0.1) is 0 Å². The van der Waals surface area contributed by atoms with Gasteiger partial charge < -0.3 is 10.1 Å². The monoisotopic (exact) mass is 125 g/mol. The first kappa shape index (κ1) is 7.16. The highest BCUT2D eigenvalue weighted by Gasteiger charge is 2.19. The largest absolute Gasteiger partial charge is 0.381 e. The third-order valence-electron chi connectivity index (χ3n) is 1.52. The molecule has 2 nitrogen and oxygen atoms in total. The van der Waals surface area contributed by atoms with Gasteiger partial charge in [0.15, 0.2) is 0 Å². The zero-order valence-electron chi connectivity index (χ0n) is 6.24. The molecule has 0 spiro atoms. The van der Waals surface area contributed by atoms with Crippen LogP contribution in [0.4, 0.5) is 0 Å². The van der Waals surface area contributed by atoms with Gasteiger partial charge in [0.1, 0.15) is 15.7 Å². The minimum Gasteiger partial charge on any atom is -0.381 e. The average Bonchev–Trinajstić information content (AvgIpc) is 1.92. The Morgan fingerprint density at radius 2 is 2.22 bits per heavy atom. The van der Waals surface area contributed by atoms with Crippen LogP contribution in [0.5, 0.6) is 0 Å². The summed E-state index contributed by atoms with van der Waals surface area (Å²) in [7, 11) is 4.43. The number of hydrogen-bond donors (Lipinski definition) is 1. The van der Waals surface area contributed by atoms with Crippen LogP contribution in [0.2, 0.25) is 5.21 Å². The Morgan fingerprint density at radius 3 is 3.00 bits per heavy atom. The Morgan fingerprint density at radius 1 is 1.44 bits per heavy atom. The average molecular weight is 125 g/mol. The molecule has 50 valence electrons. The summed E-state index contributed by atoms with van der Waals surface area (Å²) in [5, 5.41) is 3.64. The van der Waals surface area contributed by atoms with E-state index < -0.39 is 0 Å². The molecule has 1 rings (SSSR count). The number of ether oxygens (including phenoxy) is 1. The van der Waals surface area contributed by atoms with E-state index in [0.29, 0.717) is 5.21 Å². The Balaban J connectivity index is 2.36. The highest BCUT2D eigenvalue weighted by atomic mass is 16.5. The Hall–Kier alpha value is 0.0499. The first-order chi connectivity index (χ1) is 4.21. The zero-order chi connectivity index (χ0) is 6.74. The van der Waals surface area contributed by atoms with Gasteiger partial charge in [-0.25, -0.2) is 0 Å². The van der Waals surface area contributed by atoms with Gasteiger partial charge in [0.25, 0.3) is 0 Å². The SMILES string of the molecule is BC1(B)CNCCOC1. The van der Waals surface area contributed by atoms with Crippen LogP contribution < -0.4 is 5.32 Å². The Bertz CT molecular complexity index is 87.0. The molecule has 0 saturated carbocycles. The second-order valence-electron chi connectivity index (χ2n) is 3.39. The second-order valence-corrected chi connectivity index (χ2v) is 3.39. The van der Waals surface area contributed by atoms with Gasteiger partial charge in [0, 0.05) is 13.2 Å². The minimum absolute atomic E-state index is 0.330. The standard InChI is InChI=1S/C5H13B2NO/c6-5(7)3-8-1-2-9-4-5/h8H,1-4,6-7H2. The van der Waals surface area contributed by atoms with E-state index in [2.05, 4.69) is 21.0 Å². The maximum absolute atomic E-state index is 5.35. The summed E-state index contributed by atoms with van der Waals surface area (Å²) in [5.74, 6) is 0. The summed E-state index contributed by atoms with van der Waals surface area (Å²) in [5.41, 5.74) is 0. The fraction of sp³-hybridized carbons (Fsp3) is 1.00. The summed E-state index contributed by atoms with van der Waals surface area (Å²) in [6.07, 6.45) is 0. The second kappa shape index (κ2) is 2.76. The van der Waals surface area contributed by atoms with Crippen molar-refractivity contribution in [2.24, 2.45) is 0 Å². The molecule has 1 heterocycles. The van der Waals surface area contributed by atoms with Crippen LogP contribution >= 0.6 is 0 Å². The molecule has 0 radical (unpaired) electrons. The van der Waals surface area contributed by atoms with E-state index in [0.717, 1.165) is 26.3 Å². The lowest BCUT2D eigenvalue weighted by atomic mass is 9.55. The number of rotatable bonds is 0. The van der Waals surface area contributed by atoms with Crippen molar-refractivity contribution >= 4 is 15.7 Å². The third-order valence-corrected chi connectivity index (χ3v) is 1.52. The summed E-state index contributed by atoms with van der Waals surface area (Å²) >= 11 is 0. The van der Waals surface area contributed by atoms with Crippen molar-refractivity contribution in [3.8, 4) is 0 Å². The predicted octanol–water partition coefficient (Wildman–Crippen LogP) is -2.01. The van der Waals surface area contributed by atoms with E-state index in [-0.39, 0.29) is 0 Å². The van der Waals surface area contributed by atoms with Gasteiger partial charge in [0.2, 0.25) is 0 Å². The molecule has 0 aromatic rings. The lowest BCUT2D eigenvalue weighted by molar-refractivity contribution is 0.145. The molecule has 0 aromatic heterocycles. The van der Waals surface area contributed by atoms with Crippen LogP contribution in [-0.4, -0.2) is 42.0 Å². The van der Waals surface area contributed by atoms with E-state index in [1.54, 1.807) is 0 Å². The van der Waals surface area contributed by atoms with Crippen LogP contribution in [0.15, 0.2) is 0 Å². The molecule has 0 amide bonds. The van der Waals surface area contributed by atoms with Crippen LogP contribution in [0.3, 0.4) is 0 Å². The number of hydrogen-bond acceptors (Lipinski definition) is 2. The fourth-order valence-corrected chi connectivity index (χ4v) is 0.971. The van der Waals surface area contributed by atoms with Crippen LogP contribution in [0.25, 0.3) is 0 Å². The minimum atomic E-state index is 0.330. The molecule has 0 bridgehead atoms. The van der Waals surface area contributed by atoms with E-state index in [4.69, 9.17) is 4.74 Å². The van der Waals surface area contributed by atoms with Crippen molar-refractivity contribution in [1.82, 2.24) is 5.32 Å². The molecule has 9 heavy (non-hydrogen) atoms. The first-order valence-electron chi connectivity index (χ1n) is 3.49. The maximum Gasteiger partial charge on any atom is 0.104 e. The highest BCUT2D eigenvalue weighted by molar-refractivity contribution is 6.40. The van der Waals surface area contributed by atoms with Crippen molar-refractivity contribution in [2.45, 2.75) is 5.21 Å². The van der Waals surface area contributed by atoms with Crippen LogP contribution in [0.1, 0.15) is 0 Å². The van der Waals surface area contributed by atoms with Gasteiger partial charge in [-0.05, 0) is 6.54 Å². The molecular formula is C5H13B2NO. The molecule has 1 fully saturated rings. The lowest BCUT2D eigenvalue weighted by Crippen LogP contribution is -2.29. The molecule has 1 aliphatic rings. The van der Waals surface area contributed by atoms with Gasteiger partial charge in [-0.2, -0.15) is 0 Å². The van der Waals surface area contributed by atoms with Crippen molar-refractivity contribution < 1.29 is 4.74 Å². The van der Waals surface area contributed by atoms with E-state index >= 15 is 0 Å². The fourth-order valence-electron chi connectivity index (χ4n) is 0.971. The topological polar surface area (TPSA) is 21.3 Å². The van der Waals surface area contributed by atoms with Crippen molar-refractivity contribution in [2.75, 3.05) is 26.3 Å². The molecule has 4 heteroatoms. The smallest absolute Gasteiger partial charge is 0.104 e. The summed E-state index contributed by atoms with van der Waals surface area (Å²) in [4.78, 5) is 0.